The molecule has 0 fully saturated rings. The molecule has 0 saturated carbocycles. The second-order valence-corrected chi connectivity index (χ2v) is 7.55. The Hall–Kier alpha value is -3.32. The van der Waals surface area contributed by atoms with Gasteiger partial charge < -0.3 is 21.1 Å². The van der Waals surface area contributed by atoms with Crippen LogP contribution in [0.4, 0.5) is 10.5 Å². The molecule has 1 aromatic heterocycles. The van der Waals surface area contributed by atoms with Crippen LogP contribution >= 0.6 is 11.3 Å². The highest BCUT2D eigenvalue weighted by atomic mass is 32.1. The van der Waals surface area contributed by atoms with Crippen LogP contribution in [0.15, 0.2) is 59.6 Å². The van der Waals surface area contributed by atoms with Crippen molar-refractivity contribution in [3.63, 3.8) is 0 Å². The molecule has 6 nitrogen and oxygen atoms in total. The van der Waals surface area contributed by atoms with Gasteiger partial charge in [0.1, 0.15) is 10.8 Å². The molecule has 0 bridgehead atoms. The largest absolute Gasteiger partial charge is 0.508 e. The summed E-state index contributed by atoms with van der Waals surface area (Å²) in [5.41, 5.74) is 10.9. The number of hydrogen-bond acceptors (Lipinski definition) is 5. The summed E-state index contributed by atoms with van der Waals surface area (Å²) in [4.78, 5) is 18.8. The second-order valence-electron chi connectivity index (χ2n) is 6.70. The maximum Gasteiger partial charge on any atom is 0.322 e. The zero-order valence-corrected chi connectivity index (χ0v) is 16.3. The molecule has 7 heteroatoms. The Balaban J connectivity index is 1.80. The monoisotopic (exact) mass is 392 g/mol. The van der Waals surface area contributed by atoms with Gasteiger partial charge in [-0.25, -0.2) is 9.78 Å². The lowest BCUT2D eigenvalue weighted by Gasteiger charge is -2.33. The van der Waals surface area contributed by atoms with Crippen molar-refractivity contribution >= 4 is 28.6 Å². The summed E-state index contributed by atoms with van der Waals surface area (Å²) < 4.78 is 0. The third-order valence-electron chi connectivity index (χ3n) is 4.90. The third-order valence-corrected chi connectivity index (χ3v) is 5.77. The standard InChI is InChI=1S/C21H20N4O2S/c1-12-18(20-23-17(11-28-20)13-6-8-15(22)9-7-13)19(24-21(27)25(12)2)14-4-3-5-16(26)10-14/h3-11,19,26H,22H2,1-2H3,(H,24,27). The van der Waals surface area contributed by atoms with E-state index in [2.05, 4.69) is 5.32 Å². The minimum absolute atomic E-state index is 0.157. The number of carbonyl (C=O) groups is 1. The number of anilines is 1. The summed E-state index contributed by atoms with van der Waals surface area (Å²) in [6.07, 6.45) is 0. The van der Waals surface area contributed by atoms with Crippen LogP contribution in [0.3, 0.4) is 0 Å². The molecule has 2 aromatic carbocycles. The second kappa shape index (κ2) is 7.01. The summed E-state index contributed by atoms with van der Waals surface area (Å²) in [5, 5.41) is 15.7. The summed E-state index contributed by atoms with van der Waals surface area (Å²) in [6, 6.07) is 13.9. The number of amides is 2. The molecule has 142 valence electrons. The van der Waals surface area contributed by atoms with Crippen molar-refractivity contribution in [2.75, 3.05) is 12.8 Å². The lowest BCUT2D eigenvalue weighted by atomic mass is 9.95. The normalized spacial score (nSPS) is 17.0. The van der Waals surface area contributed by atoms with E-state index in [-0.39, 0.29) is 17.8 Å². The molecule has 0 saturated heterocycles. The number of thiazole rings is 1. The van der Waals surface area contributed by atoms with E-state index >= 15 is 0 Å². The van der Waals surface area contributed by atoms with Gasteiger partial charge in [0.25, 0.3) is 0 Å². The number of aromatic nitrogens is 1. The fourth-order valence-corrected chi connectivity index (χ4v) is 4.21. The number of rotatable bonds is 3. The number of urea groups is 1. The quantitative estimate of drug-likeness (QED) is 0.582. The Bertz CT molecular complexity index is 1070. The van der Waals surface area contributed by atoms with Crippen LogP contribution in [-0.2, 0) is 0 Å². The van der Waals surface area contributed by atoms with Gasteiger partial charge in [-0.2, -0.15) is 0 Å². The number of phenols is 1. The molecule has 0 radical (unpaired) electrons. The number of carbonyl (C=O) groups excluding carboxylic acids is 1. The van der Waals surface area contributed by atoms with Crippen molar-refractivity contribution < 1.29 is 9.90 Å². The van der Waals surface area contributed by atoms with Gasteiger partial charge in [-0.15, -0.1) is 11.3 Å². The van der Waals surface area contributed by atoms with Crippen LogP contribution in [0.25, 0.3) is 16.8 Å². The van der Waals surface area contributed by atoms with Gasteiger partial charge in [-0.1, -0.05) is 24.3 Å². The highest BCUT2D eigenvalue weighted by Gasteiger charge is 2.32. The fourth-order valence-electron chi connectivity index (χ4n) is 3.25. The Morgan fingerprint density at radius 1 is 1.21 bits per heavy atom. The van der Waals surface area contributed by atoms with Gasteiger partial charge in [0.05, 0.1) is 11.7 Å². The molecular formula is C21H20N4O2S. The highest BCUT2D eigenvalue weighted by Crippen LogP contribution is 2.39. The van der Waals surface area contributed by atoms with Gasteiger partial charge in [-0.3, -0.25) is 0 Å². The molecule has 1 aliphatic rings. The number of nitrogens with two attached hydrogens (primary N) is 1. The number of nitrogens with one attached hydrogen (secondary N) is 1. The maximum absolute atomic E-state index is 12.4. The molecule has 3 aromatic rings. The topological polar surface area (TPSA) is 91.5 Å². The predicted molar refractivity (Wildman–Crippen MR) is 112 cm³/mol. The Morgan fingerprint density at radius 3 is 2.68 bits per heavy atom. The molecule has 0 spiro atoms. The molecule has 0 aliphatic carbocycles. The summed E-state index contributed by atoms with van der Waals surface area (Å²) in [6.45, 7) is 1.91. The van der Waals surface area contributed by atoms with Crippen LogP contribution in [0.5, 0.6) is 5.75 Å². The van der Waals surface area contributed by atoms with E-state index in [1.807, 2.05) is 42.6 Å². The van der Waals surface area contributed by atoms with E-state index < -0.39 is 0 Å². The fraction of sp³-hybridized carbons (Fsp3) is 0.143. The first kappa shape index (κ1) is 18.1. The average Bonchev–Trinajstić information content (AvgIpc) is 3.16. The predicted octanol–water partition coefficient (Wildman–Crippen LogP) is 4.23. The molecule has 4 N–H and O–H groups in total. The van der Waals surface area contributed by atoms with Crippen molar-refractivity contribution in [3.05, 3.63) is 70.2 Å². The van der Waals surface area contributed by atoms with Gasteiger partial charge in [0.2, 0.25) is 0 Å². The third kappa shape index (κ3) is 3.20. The van der Waals surface area contributed by atoms with Gasteiger partial charge in [0.15, 0.2) is 0 Å². The zero-order chi connectivity index (χ0) is 19.8. The van der Waals surface area contributed by atoms with Crippen LogP contribution in [-0.4, -0.2) is 28.1 Å². The number of hydrogen-bond donors (Lipinski definition) is 3. The van der Waals surface area contributed by atoms with Crippen LogP contribution < -0.4 is 11.1 Å². The van der Waals surface area contributed by atoms with Crippen LogP contribution in [0.1, 0.15) is 23.5 Å². The van der Waals surface area contributed by atoms with Crippen molar-refractivity contribution in [2.45, 2.75) is 13.0 Å². The molecule has 2 heterocycles. The minimum Gasteiger partial charge on any atom is -0.508 e. The zero-order valence-electron chi connectivity index (χ0n) is 15.5. The molecule has 2 amide bonds. The number of aromatic hydroxyl groups is 1. The highest BCUT2D eigenvalue weighted by molar-refractivity contribution is 7.11. The van der Waals surface area contributed by atoms with Crippen molar-refractivity contribution in [3.8, 4) is 17.0 Å². The summed E-state index contributed by atoms with van der Waals surface area (Å²) in [7, 11) is 1.73. The first-order chi connectivity index (χ1) is 13.4. The summed E-state index contributed by atoms with van der Waals surface area (Å²) >= 11 is 1.52. The van der Waals surface area contributed by atoms with Crippen molar-refractivity contribution in [2.24, 2.45) is 0 Å². The molecule has 4 rings (SSSR count). The molecular weight excluding hydrogens is 372 g/mol. The van der Waals surface area contributed by atoms with E-state index in [0.717, 1.165) is 33.1 Å². The maximum atomic E-state index is 12.4. The first-order valence-electron chi connectivity index (χ1n) is 8.80. The van der Waals surface area contributed by atoms with Gasteiger partial charge >= 0.3 is 6.03 Å². The molecule has 1 atom stereocenters. The van der Waals surface area contributed by atoms with E-state index in [4.69, 9.17) is 10.7 Å². The number of nitrogen functional groups attached to an aromatic ring is 1. The number of phenolic OH excluding ortho intramolecular Hbond substituents is 1. The first-order valence-corrected chi connectivity index (χ1v) is 9.67. The van der Waals surface area contributed by atoms with E-state index in [0.29, 0.717) is 5.69 Å². The summed E-state index contributed by atoms with van der Waals surface area (Å²) in [5.74, 6) is 0.157. The Kier molecular flexibility index (Phi) is 4.52. The number of benzene rings is 2. The Morgan fingerprint density at radius 2 is 1.96 bits per heavy atom. The van der Waals surface area contributed by atoms with Crippen LogP contribution in [0.2, 0.25) is 0 Å². The molecule has 1 aliphatic heterocycles. The van der Waals surface area contributed by atoms with E-state index in [1.54, 1.807) is 30.1 Å². The molecule has 1 unspecified atom stereocenters. The average molecular weight is 392 g/mol. The minimum atomic E-state index is -0.388. The van der Waals surface area contributed by atoms with E-state index in [1.165, 1.54) is 11.3 Å². The number of allylic oxidation sites excluding steroid dienone is 1. The lowest BCUT2D eigenvalue weighted by molar-refractivity contribution is 0.214. The van der Waals surface area contributed by atoms with E-state index in [9.17, 15) is 9.90 Å². The molecule has 28 heavy (non-hydrogen) atoms. The SMILES string of the molecule is CC1=C(c2nc(-c3ccc(N)cc3)cs2)C(c2cccc(O)c2)NC(=O)N1C. The van der Waals surface area contributed by atoms with Gasteiger partial charge in [-0.05, 0) is 36.8 Å². The van der Waals surface area contributed by atoms with Crippen molar-refractivity contribution in [1.29, 1.82) is 0 Å². The van der Waals surface area contributed by atoms with Crippen LogP contribution in [0, 0.1) is 0 Å². The number of nitrogens with zero attached hydrogens (tertiary/aromatic N) is 2. The lowest BCUT2D eigenvalue weighted by Crippen LogP contribution is -2.44. The Labute approximate surface area is 167 Å². The smallest absolute Gasteiger partial charge is 0.322 e. The van der Waals surface area contributed by atoms with Gasteiger partial charge in [0, 0.05) is 34.9 Å². The van der Waals surface area contributed by atoms with Crippen molar-refractivity contribution in [1.82, 2.24) is 15.2 Å².